The third kappa shape index (κ3) is 10.9. The summed E-state index contributed by atoms with van der Waals surface area (Å²) in [6, 6.07) is 8.90. The van der Waals surface area contributed by atoms with Crippen molar-refractivity contribution in [3.63, 3.8) is 0 Å². The van der Waals surface area contributed by atoms with Crippen LogP contribution in [0.5, 0.6) is 0 Å². The molecule has 5 heteroatoms. The van der Waals surface area contributed by atoms with Gasteiger partial charge < -0.3 is 9.47 Å². The van der Waals surface area contributed by atoms with Gasteiger partial charge in [-0.25, -0.2) is 4.79 Å². The van der Waals surface area contributed by atoms with Crippen molar-refractivity contribution in [1.29, 1.82) is 0 Å². The lowest BCUT2D eigenvalue weighted by molar-refractivity contribution is -0.0632. The average Bonchev–Trinajstić information content (AvgIpc) is 3.18. The van der Waals surface area contributed by atoms with E-state index in [-0.39, 0.29) is 12.4 Å². The van der Waals surface area contributed by atoms with Gasteiger partial charge in [0, 0.05) is 5.56 Å². The number of carbonyl (C=O) groups excluding carboxylic acids is 2. The van der Waals surface area contributed by atoms with E-state index in [9.17, 15) is 9.59 Å². The number of carbonyl (C=O) groups is 2. The molecule has 1 aromatic carbocycles. The first-order valence-corrected chi connectivity index (χ1v) is 15.0. The van der Waals surface area contributed by atoms with E-state index < -0.39 is 29.4 Å². The monoisotopic (exact) mass is 527 g/mol. The Morgan fingerprint density at radius 2 is 1.53 bits per heavy atom. The molecule has 1 aromatic rings. The van der Waals surface area contributed by atoms with E-state index in [4.69, 9.17) is 9.47 Å². The Morgan fingerprint density at radius 1 is 0.974 bits per heavy atom. The summed E-state index contributed by atoms with van der Waals surface area (Å²) in [5.41, 5.74) is -0.846. The van der Waals surface area contributed by atoms with Crippen molar-refractivity contribution in [2.75, 3.05) is 6.61 Å². The van der Waals surface area contributed by atoms with Gasteiger partial charge >= 0.3 is 6.09 Å². The van der Waals surface area contributed by atoms with Crippen molar-refractivity contribution >= 4 is 11.9 Å². The van der Waals surface area contributed by atoms with Gasteiger partial charge in [0.1, 0.15) is 11.3 Å². The van der Waals surface area contributed by atoms with E-state index in [2.05, 4.69) is 13.0 Å². The molecule has 214 valence electrons. The Bertz CT molecular complexity index is 855. The number of hydrogen-bond acceptors (Lipinski definition) is 4. The fourth-order valence-corrected chi connectivity index (χ4v) is 5.12. The molecule has 2 atom stereocenters. The molecule has 0 saturated carbocycles. The van der Waals surface area contributed by atoms with Crippen LogP contribution < -0.4 is 0 Å². The maximum atomic E-state index is 13.7. The summed E-state index contributed by atoms with van der Waals surface area (Å²) in [4.78, 5) is 28.5. The maximum Gasteiger partial charge on any atom is 0.412 e. The third-order valence-corrected chi connectivity index (χ3v) is 7.20. The lowest BCUT2D eigenvalue weighted by Crippen LogP contribution is -2.52. The molecule has 1 aliphatic heterocycles. The molecule has 0 spiro atoms. The van der Waals surface area contributed by atoms with Gasteiger partial charge in [0.2, 0.25) is 0 Å². The molecule has 0 radical (unpaired) electrons. The third-order valence-electron chi connectivity index (χ3n) is 7.20. The maximum absolute atomic E-state index is 13.7. The molecule has 0 aliphatic carbocycles. The quantitative estimate of drug-likeness (QED) is 0.122. The predicted molar refractivity (Wildman–Crippen MR) is 156 cm³/mol. The van der Waals surface area contributed by atoms with Gasteiger partial charge in [-0.15, -0.1) is 0 Å². The van der Waals surface area contributed by atoms with Gasteiger partial charge in [-0.1, -0.05) is 114 Å². The van der Waals surface area contributed by atoms with E-state index in [0.717, 1.165) is 12.8 Å². The molecular weight excluding hydrogens is 474 g/mol. The molecule has 1 heterocycles. The highest BCUT2D eigenvalue weighted by atomic mass is 16.6. The molecule has 0 N–H and O–H groups in total. The highest BCUT2D eigenvalue weighted by molar-refractivity contribution is 5.99. The summed E-state index contributed by atoms with van der Waals surface area (Å²) in [5, 5.41) is 0. The van der Waals surface area contributed by atoms with Crippen molar-refractivity contribution in [1.82, 2.24) is 4.90 Å². The van der Waals surface area contributed by atoms with E-state index in [0.29, 0.717) is 5.56 Å². The number of nitrogens with zero attached hydrogens (tertiary/aromatic N) is 1. The summed E-state index contributed by atoms with van der Waals surface area (Å²) >= 11 is 0. The van der Waals surface area contributed by atoms with Crippen molar-refractivity contribution in [3.05, 3.63) is 48.0 Å². The lowest BCUT2D eigenvalue weighted by Gasteiger charge is -2.36. The molecule has 38 heavy (non-hydrogen) atoms. The van der Waals surface area contributed by atoms with Gasteiger partial charge in [-0.2, -0.15) is 0 Å². The van der Waals surface area contributed by atoms with Crippen LogP contribution in [-0.4, -0.2) is 40.8 Å². The van der Waals surface area contributed by atoms with Crippen LogP contribution in [-0.2, 0) is 9.47 Å². The average molecular weight is 528 g/mol. The fraction of sp³-hybridized carbons (Fsp3) is 0.697. The Labute approximate surface area is 232 Å². The first-order valence-electron chi connectivity index (χ1n) is 15.0. The summed E-state index contributed by atoms with van der Waals surface area (Å²) in [6.45, 7) is 11.8. The molecule has 0 bridgehead atoms. The molecule has 1 fully saturated rings. The second kappa shape index (κ2) is 16.1. The number of Topliss-reactive ketones (excluding diaryl/α,β-unsaturated/α-hetero) is 1. The molecule has 1 saturated heterocycles. The number of hydrogen-bond donors (Lipinski definition) is 0. The SMILES string of the molecule is CCCCCCCCCCCCC/C=C/C(C(=O)c1ccccc1)C1COC(C)(C)N1C(=O)OC(C)(C)C. The minimum absolute atomic E-state index is 0.000598. The molecule has 1 aliphatic rings. The largest absolute Gasteiger partial charge is 0.444 e. The second-order valence-corrected chi connectivity index (χ2v) is 12.2. The minimum atomic E-state index is -0.855. The molecule has 0 aromatic heterocycles. The summed E-state index contributed by atoms with van der Waals surface area (Å²) in [6.07, 6.45) is 19.0. The van der Waals surface area contributed by atoms with Crippen molar-refractivity contribution in [3.8, 4) is 0 Å². The first kappa shape index (κ1) is 32.1. The van der Waals surface area contributed by atoms with Gasteiger partial charge in [0.05, 0.1) is 18.6 Å². The van der Waals surface area contributed by atoms with Crippen molar-refractivity contribution in [2.45, 2.75) is 136 Å². The highest BCUT2D eigenvalue weighted by Gasteiger charge is 2.49. The number of amides is 1. The molecule has 2 rings (SSSR count). The smallest absolute Gasteiger partial charge is 0.412 e. The van der Waals surface area contributed by atoms with Crippen LogP contribution >= 0.6 is 0 Å². The van der Waals surface area contributed by atoms with Gasteiger partial charge in [0.15, 0.2) is 5.78 Å². The zero-order valence-electron chi connectivity index (χ0n) is 25.0. The molecule has 5 nitrogen and oxygen atoms in total. The van der Waals surface area contributed by atoms with Gasteiger partial charge in [-0.05, 0) is 47.5 Å². The molecule has 2 unspecified atom stereocenters. The van der Waals surface area contributed by atoms with E-state index in [1.165, 1.54) is 64.2 Å². The highest BCUT2D eigenvalue weighted by Crippen LogP contribution is 2.34. The van der Waals surface area contributed by atoms with Gasteiger partial charge in [0.25, 0.3) is 0 Å². The van der Waals surface area contributed by atoms with Crippen LogP contribution in [0, 0.1) is 5.92 Å². The van der Waals surface area contributed by atoms with Crippen LogP contribution in [0.4, 0.5) is 4.79 Å². The Balaban J connectivity index is 1.97. The predicted octanol–water partition coefficient (Wildman–Crippen LogP) is 9.11. The van der Waals surface area contributed by atoms with E-state index in [1.807, 2.05) is 71.0 Å². The van der Waals surface area contributed by atoms with E-state index in [1.54, 1.807) is 4.90 Å². The second-order valence-electron chi connectivity index (χ2n) is 12.2. The minimum Gasteiger partial charge on any atom is -0.444 e. The number of benzene rings is 1. The fourth-order valence-electron chi connectivity index (χ4n) is 5.12. The first-order chi connectivity index (χ1) is 18.1. The zero-order chi connectivity index (χ0) is 28.0. The lowest BCUT2D eigenvalue weighted by atomic mass is 9.89. The zero-order valence-corrected chi connectivity index (χ0v) is 25.0. The number of ketones is 1. The Morgan fingerprint density at radius 3 is 2.08 bits per heavy atom. The summed E-state index contributed by atoms with van der Waals surface area (Å²) in [5.74, 6) is -0.500. The van der Waals surface area contributed by atoms with Crippen LogP contribution in [0.15, 0.2) is 42.5 Å². The van der Waals surface area contributed by atoms with Crippen LogP contribution in [0.3, 0.4) is 0 Å². The summed E-state index contributed by atoms with van der Waals surface area (Å²) < 4.78 is 11.7. The van der Waals surface area contributed by atoms with Crippen LogP contribution in [0.2, 0.25) is 0 Å². The van der Waals surface area contributed by atoms with Crippen molar-refractivity contribution in [2.24, 2.45) is 5.92 Å². The van der Waals surface area contributed by atoms with E-state index >= 15 is 0 Å². The number of rotatable bonds is 16. The number of allylic oxidation sites excluding steroid dienone is 1. The normalized spacial score (nSPS) is 18.2. The number of unbranched alkanes of at least 4 members (excludes halogenated alkanes) is 11. The standard InChI is InChI=1S/C33H53NO4/c1-7-8-9-10-11-12-13-14-15-16-17-18-22-25-28(30(35)27-23-20-19-21-24-27)29-26-37-33(5,6)34(29)31(36)38-32(2,3)4/h19-25,28-29H,7-18,26H2,1-6H3/b25-22+. The van der Waals surface area contributed by atoms with Crippen LogP contribution in [0.1, 0.15) is 129 Å². The molecule has 1 amide bonds. The summed E-state index contributed by atoms with van der Waals surface area (Å²) in [7, 11) is 0. The topological polar surface area (TPSA) is 55.8 Å². The van der Waals surface area contributed by atoms with Crippen LogP contribution in [0.25, 0.3) is 0 Å². The van der Waals surface area contributed by atoms with Gasteiger partial charge in [-0.3, -0.25) is 9.69 Å². The van der Waals surface area contributed by atoms with Crippen molar-refractivity contribution < 1.29 is 19.1 Å². The Kier molecular flexibility index (Phi) is 13.6. The Hall–Kier alpha value is -2.14. The molecular formula is C33H53NO4. The number of ether oxygens (including phenoxy) is 2.